The minimum Gasteiger partial charge on any atom is -0.468 e. The zero-order chi connectivity index (χ0) is 15.1. The summed E-state index contributed by atoms with van der Waals surface area (Å²) in [6, 6.07) is 2.13. The first-order valence-corrected chi connectivity index (χ1v) is 8.59. The maximum Gasteiger partial charge on any atom is 0.122 e. The molecule has 1 aromatic heterocycles. The summed E-state index contributed by atoms with van der Waals surface area (Å²) in [6.07, 6.45) is 8.95. The van der Waals surface area contributed by atoms with Crippen molar-refractivity contribution in [2.75, 3.05) is 20.1 Å². The van der Waals surface area contributed by atoms with E-state index in [1.165, 1.54) is 44.2 Å². The Balaban J connectivity index is 1.77. The van der Waals surface area contributed by atoms with Gasteiger partial charge < -0.3 is 14.6 Å². The number of nitrogens with zero attached hydrogens (tertiary/aromatic N) is 1. The Morgan fingerprint density at radius 2 is 2.05 bits per heavy atom. The molecule has 0 radical (unpaired) electrons. The van der Waals surface area contributed by atoms with Gasteiger partial charge in [0.1, 0.15) is 5.76 Å². The third-order valence-corrected chi connectivity index (χ3v) is 4.41. The summed E-state index contributed by atoms with van der Waals surface area (Å²) in [5.41, 5.74) is 1.34. The standard InChI is InChI=1S/C18H32N2O/c1-15(2)11-19-12-18-17(9-10-21-18)14-20(3)13-16-7-5-4-6-8-16/h9-10,15-16,19H,4-8,11-14H2,1-3H3. The SMILES string of the molecule is CC(C)CNCc1occc1CN(C)CC1CCCCC1. The number of hydrogen-bond acceptors (Lipinski definition) is 3. The van der Waals surface area contributed by atoms with Gasteiger partial charge in [0.15, 0.2) is 0 Å². The van der Waals surface area contributed by atoms with Crippen molar-refractivity contribution in [3.8, 4) is 0 Å². The quantitative estimate of drug-likeness (QED) is 0.784. The van der Waals surface area contributed by atoms with Crippen LogP contribution in [0.25, 0.3) is 0 Å². The molecule has 0 aliphatic heterocycles. The second kappa shape index (κ2) is 8.60. The van der Waals surface area contributed by atoms with Crippen molar-refractivity contribution < 1.29 is 4.42 Å². The molecule has 2 rings (SSSR count). The van der Waals surface area contributed by atoms with E-state index in [4.69, 9.17) is 4.42 Å². The van der Waals surface area contributed by atoms with Crippen LogP contribution < -0.4 is 5.32 Å². The van der Waals surface area contributed by atoms with Gasteiger partial charge >= 0.3 is 0 Å². The van der Waals surface area contributed by atoms with Gasteiger partial charge in [-0.15, -0.1) is 0 Å². The molecule has 0 amide bonds. The van der Waals surface area contributed by atoms with Gasteiger partial charge in [0.25, 0.3) is 0 Å². The first-order valence-electron chi connectivity index (χ1n) is 8.59. The monoisotopic (exact) mass is 292 g/mol. The van der Waals surface area contributed by atoms with Gasteiger partial charge in [0.05, 0.1) is 12.8 Å². The smallest absolute Gasteiger partial charge is 0.122 e. The average Bonchev–Trinajstić information content (AvgIpc) is 2.87. The van der Waals surface area contributed by atoms with Gasteiger partial charge in [-0.05, 0) is 44.3 Å². The fourth-order valence-corrected chi connectivity index (χ4v) is 3.30. The molecule has 1 saturated carbocycles. The van der Waals surface area contributed by atoms with Crippen LogP contribution in [0, 0.1) is 11.8 Å². The molecule has 1 aromatic rings. The van der Waals surface area contributed by atoms with Crippen LogP contribution in [0.3, 0.4) is 0 Å². The lowest BCUT2D eigenvalue weighted by molar-refractivity contribution is 0.227. The first kappa shape index (κ1) is 16.6. The van der Waals surface area contributed by atoms with Crippen LogP contribution >= 0.6 is 0 Å². The first-order chi connectivity index (χ1) is 10.1. The summed E-state index contributed by atoms with van der Waals surface area (Å²) in [4.78, 5) is 2.47. The highest BCUT2D eigenvalue weighted by molar-refractivity contribution is 5.16. The molecule has 3 heteroatoms. The Morgan fingerprint density at radius 3 is 2.76 bits per heavy atom. The van der Waals surface area contributed by atoms with Crippen molar-refractivity contribution >= 4 is 0 Å². The molecule has 0 bridgehead atoms. The second-order valence-electron chi connectivity index (χ2n) is 7.09. The summed E-state index contributed by atoms with van der Waals surface area (Å²) >= 11 is 0. The van der Waals surface area contributed by atoms with Crippen LogP contribution in [-0.4, -0.2) is 25.0 Å². The van der Waals surface area contributed by atoms with Gasteiger partial charge in [0, 0.05) is 18.7 Å². The van der Waals surface area contributed by atoms with Gasteiger partial charge in [-0.3, -0.25) is 0 Å². The average molecular weight is 292 g/mol. The Hall–Kier alpha value is -0.800. The summed E-state index contributed by atoms with van der Waals surface area (Å²) < 4.78 is 5.65. The summed E-state index contributed by atoms with van der Waals surface area (Å²) in [7, 11) is 2.24. The van der Waals surface area contributed by atoms with Crippen molar-refractivity contribution in [1.29, 1.82) is 0 Å². The molecule has 1 fully saturated rings. The van der Waals surface area contributed by atoms with E-state index in [2.05, 4.69) is 37.2 Å². The van der Waals surface area contributed by atoms with Crippen LogP contribution in [0.4, 0.5) is 0 Å². The van der Waals surface area contributed by atoms with E-state index in [0.717, 1.165) is 31.3 Å². The maximum atomic E-state index is 5.65. The molecule has 1 heterocycles. The molecule has 120 valence electrons. The van der Waals surface area contributed by atoms with Crippen LogP contribution in [0.5, 0.6) is 0 Å². The molecule has 1 N–H and O–H groups in total. The predicted molar refractivity (Wildman–Crippen MR) is 88.2 cm³/mol. The lowest BCUT2D eigenvalue weighted by Gasteiger charge is -2.26. The Labute approximate surface area is 130 Å². The molecule has 3 nitrogen and oxygen atoms in total. The van der Waals surface area contributed by atoms with Crippen molar-refractivity contribution in [1.82, 2.24) is 10.2 Å². The predicted octanol–water partition coefficient (Wildman–Crippen LogP) is 4.04. The number of furan rings is 1. The van der Waals surface area contributed by atoms with E-state index in [1.807, 2.05) is 6.26 Å². The molecule has 1 aliphatic carbocycles. The van der Waals surface area contributed by atoms with Gasteiger partial charge in [-0.2, -0.15) is 0 Å². The van der Waals surface area contributed by atoms with Crippen LogP contribution in [0.1, 0.15) is 57.3 Å². The van der Waals surface area contributed by atoms with E-state index in [1.54, 1.807) is 0 Å². The fraction of sp³-hybridized carbons (Fsp3) is 0.778. The largest absolute Gasteiger partial charge is 0.468 e. The van der Waals surface area contributed by atoms with Crippen molar-refractivity contribution in [3.63, 3.8) is 0 Å². The van der Waals surface area contributed by atoms with E-state index in [9.17, 15) is 0 Å². The number of rotatable bonds is 8. The molecular weight excluding hydrogens is 260 g/mol. The molecule has 0 aromatic carbocycles. The minimum absolute atomic E-state index is 0.678. The Morgan fingerprint density at radius 1 is 1.29 bits per heavy atom. The normalized spacial score (nSPS) is 17.0. The molecule has 1 aliphatic rings. The van der Waals surface area contributed by atoms with Crippen molar-refractivity contribution in [2.24, 2.45) is 11.8 Å². The van der Waals surface area contributed by atoms with E-state index in [0.29, 0.717) is 5.92 Å². The fourth-order valence-electron chi connectivity index (χ4n) is 3.30. The highest BCUT2D eigenvalue weighted by Gasteiger charge is 2.16. The van der Waals surface area contributed by atoms with Gasteiger partial charge in [0.2, 0.25) is 0 Å². The molecule has 0 saturated heterocycles. The lowest BCUT2D eigenvalue weighted by Crippen LogP contribution is -2.27. The number of nitrogens with one attached hydrogen (secondary N) is 1. The second-order valence-corrected chi connectivity index (χ2v) is 7.09. The van der Waals surface area contributed by atoms with Crippen molar-refractivity contribution in [3.05, 3.63) is 23.7 Å². The minimum atomic E-state index is 0.678. The number of hydrogen-bond donors (Lipinski definition) is 1. The molecule has 0 spiro atoms. The van der Waals surface area contributed by atoms with Crippen LogP contribution in [-0.2, 0) is 13.1 Å². The van der Waals surface area contributed by atoms with Gasteiger partial charge in [-0.1, -0.05) is 33.1 Å². The zero-order valence-corrected chi connectivity index (χ0v) is 14.0. The Kier molecular flexibility index (Phi) is 6.78. The summed E-state index contributed by atoms with van der Waals surface area (Å²) in [5.74, 6) is 2.68. The van der Waals surface area contributed by atoms with Crippen molar-refractivity contribution in [2.45, 2.75) is 59.0 Å². The zero-order valence-electron chi connectivity index (χ0n) is 14.0. The highest BCUT2D eigenvalue weighted by atomic mass is 16.3. The topological polar surface area (TPSA) is 28.4 Å². The maximum absolute atomic E-state index is 5.65. The van der Waals surface area contributed by atoms with E-state index < -0.39 is 0 Å². The van der Waals surface area contributed by atoms with Gasteiger partial charge in [-0.25, -0.2) is 0 Å². The molecule has 21 heavy (non-hydrogen) atoms. The van der Waals surface area contributed by atoms with E-state index in [-0.39, 0.29) is 0 Å². The third-order valence-electron chi connectivity index (χ3n) is 4.41. The summed E-state index contributed by atoms with van der Waals surface area (Å²) in [5, 5.41) is 3.47. The van der Waals surface area contributed by atoms with Crippen LogP contribution in [0.15, 0.2) is 16.7 Å². The summed E-state index contributed by atoms with van der Waals surface area (Å²) in [6.45, 7) is 8.58. The lowest BCUT2D eigenvalue weighted by atomic mass is 9.89. The third kappa shape index (κ3) is 5.84. The Bertz CT molecular complexity index is 394. The van der Waals surface area contributed by atoms with E-state index >= 15 is 0 Å². The molecule has 0 atom stereocenters. The molecule has 0 unspecified atom stereocenters. The highest BCUT2D eigenvalue weighted by Crippen LogP contribution is 2.24. The van der Waals surface area contributed by atoms with Crippen LogP contribution in [0.2, 0.25) is 0 Å². The molecular formula is C18H32N2O.